The summed E-state index contributed by atoms with van der Waals surface area (Å²) in [6, 6.07) is 1.61. The number of thiophene rings is 1. The molecule has 1 aromatic heterocycles. The molecule has 0 spiro atoms. The molecule has 0 aliphatic heterocycles. The smallest absolute Gasteiger partial charge is 0.208 e. The maximum atomic E-state index is 12.3. The lowest BCUT2D eigenvalue weighted by molar-refractivity contribution is 0.440. The first-order valence-corrected chi connectivity index (χ1v) is 9.83. The monoisotopic (exact) mass is 417 g/mol. The molecule has 1 unspecified atom stereocenters. The highest BCUT2D eigenvalue weighted by atomic mass is 79.9. The maximum Gasteiger partial charge on any atom is 0.241 e. The van der Waals surface area contributed by atoms with E-state index in [2.05, 4.69) is 36.6 Å². The largest absolute Gasteiger partial charge is 0.241 e. The number of rotatable bonds is 6. The Kier molecular flexibility index (Phi) is 6.31. The minimum atomic E-state index is -3.43. The van der Waals surface area contributed by atoms with E-state index in [9.17, 15) is 8.42 Å². The van der Waals surface area contributed by atoms with E-state index in [0.29, 0.717) is 4.90 Å². The van der Waals surface area contributed by atoms with Crippen LogP contribution in [0.15, 0.2) is 14.7 Å². The van der Waals surface area contributed by atoms with Crippen LogP contribution >= 0.6 is 43.2 Å². The van der Waals surface area contributed by atoms with Crippen LogP contribution in [0.3, 0.4) is 0 Å². The number of halogens is 2. The highest BCUT2D eigenvalue weighted by Crippen LogP contribution is 2.30. The van der Waals surface area contributed by atoms with Crippen LogP contribution < -0.4 is 4.72 Å². The van der Waals surface area contributed by atoms with Gasteiger partial charge in [0.05, 0.1) is 8.68 Å². The summed E-state index contributed by atoms with van der Waals surface area (Å²) in [5.41, 5.74) is 0. The molecule has 0 saturated carbocycles. The van der Waals surface area contributed by atoms with Crippen LogP contribution in [-0.4, -0.2) is 19.8 Å². The zero-order chi connectivity index (χ0) is 13.9. The van der Waals surface area contributed by atoms with Gasteiger partial charge in [-0.05, 0) is 41.3 Å². The third-order valence-electron chi connectivity index (χ3n) is 2.66. The normalized spacial score (nSPS) is 14.1. The molecule has 0 aliphatic carbocycles. The summed E-state index contributed by atoms with van der Waals surface area (Å²) < 4.78 is 28.3. The molecule has 0 amide bonds. The maximum absolute atomic E-state index is 12.3. The van der Waals surface area contributed by atoms with Crippen molar-refractivity contribution in [1.29, 1.82) is 0 Å². The first kappa shape index (κ1) is 16.6. The Morgan fingerprint density at radius 3 is 2.44 bits per heavy atom. The minimum Gasteiger partial charge on any atom is -0.208 e. The van der Waals surface area contributed by atoms with Crippen LogP contribution in [0.4, 0.5) is 0 Å². The lowest BCUT2D eigenvalue weighted by Gasteiger charge is -2.21. The molecule has 3 nitrogen and oxygen atoms in total. The zero-order valence-electron chi connectivity index (χ0n) is 10.5. The molecule has 0 saturated heterocycles. The average molecular weight is 419 g/mol. The fraction of sp³-hybridized carbons (Fsp3) is 0.636. The fourth-order valence-corrected chi connectivity index (χ4v) is 5.93. The molecule has 0 fully saturated rings. The second-order valence-electron chi connectivity index (χ2n) is 4.42. The van der Waals surface area contributed by atoms with Crippen molar-refractivity contribution >= 4 is 53.2 Å². The summed E-state index contributed by atoms with van der Waals surface area (Å²) in [6.45, 7) is 5.86. The second-order valence-corrected chi connectivity index (χ2v) is 9.53. The van der Waals surface area contributed by atoms with E-state index in [4.69, 9.17) is 0 Å². The minimum absolute atomic E-state index is 0.0487. The Balaban J connectivity index is 2.97. The molecule has 1 heterocycles. The number of aryl methyl sites for hydroxylation is 1. The molecular formula is C11H17Br2NO2S2. The van der Waals surface area contributed by atoms with Crippen LogP contribution in [-0.2, 0) is 10.0 Å². The number of alkyl halides is 1. The van der Waals surface area contributed by atoms with Gasteiger partial charge in [0, 0.05) is 16.2 Å². The molecule has 18 heavy (non-hydrogen) atoms. The van der Waals surface area contributed by atoms with Crippen molar-refractivity contribution in [2.45, 2.75) is 38.1 Å². The Hall–Kier alpha value is 0.570. The third kappa shape index (κ3) is 4.30. The molecule has 0 bridgehead atoms. The molecular weight excluding hydrogens is 402 g/mol. The number of hydrogen-bond acceptors (Lipinski definition) is 3. The number of nitrogens with one attached hydrogen (secondary N) is 1. The van der Waals surface area contributed by atoms with E-state index in [-0.39, 0.29) is 12.0 Å². The van der Waals surface area contributed by atoms with Crippen molar-refractivity contribution in [1.82, 2.24) is 4.72 Å². The predicted octanol–water partition coefficient (Wildman–Crippen LogP) is 3.91. The van der Waals surface area contributed by atoms with E-state index in [1.807, 2.05) is 20.8 Å². The summed E-state index contributed by atoms with van der Waals surface area (Å²) in [6.07, 6.45) is 0.779. The van der Waals surface area contributed by atoms with Gasteiger partial charge in [-0.25, -0.2) is 13.1 Å². The van der Waals surface area contributed by atoms with Crippen molar-refractivity contribution < 1.29 is 8.42 Å². The van der Waals surface area contributed by atoms with Crippen LogP contribution in [0.1, 0.15) is 25.1 Å². The van der Waals surface area contributed by atoms with E-state index in [0.717, 1.165) is 20.4 Å². The van der Waals surface area contributed by atoms with Gasteiger partial charge in [-0.15, -0.1) is 11.3 Å². The molecule has 0 aliphatic rings. The van der Waals surface area contributed by atoms with E-state index in [1.54, 1.807) is 6.07 Å². The zero-order valence-corrected chi connectivity index (χ0v) is 15.3. The Labute approximate surface area is 130 Å². The second kappa shape index (κ2) is 6.83. The number of hydrogen-bond donors (Lipinski definition) is 1. The molecule has 0 aromatic carbocycles. The van der Waals surface area contributed by atoms with Gasteiger partial charge in [0.15, 0.2) is 0 Å². The molecule has 1 rings (SSSR count). The van der Waals surface area contributed by atoms with Gasteiger partial charge in [0.2, 0.25) is 10.0 Å². The van der Waals surface area contributed by atoms with Gasteiger partial charge in [-0.2, -0.15) is 0 Å². The quantitative estimate of drug-likeness (QED) is 0.711. The van der Waals surface area contributed by atoms with Crippen molar-refractivity contribution in [3.63, 3.8) is 0 Å². The summed E-state index contributed by atoms with van der Waals surface area (Å²) >= 11 is 8.11. The molecule has 0 radical (unpaired) electrons. The van der Waals surface area contributed by atoms with Gasteiger partial charge in [-0.3, -0.25) is 0 Å². The van der Waals surface area contributed by atoms with E-state index >= 15 is 0 Å². The average Bonchev–Trinajstić information content (AvgIpc) is 2.57. The lowest BCUT2D eigenvalue weighted by atomic mass is 10.0. The summed E-state index contributed by atoms with van der Waals surface area (Å²) in [7, 11) is -3.43. The van der Waals surface area contributed by atoms with Gasteiger partial charge < -0.3 is 0 Å². The SMILES string of the molecule is Cc1sc(Br)cc1S(=O)(=O)NC(CCBr)C(C)C. The first-order valence-electron chi connectivity index (χ1n) is 5.62. The van der Waals surface area contributed by atoms with E-state index in [1.165, 1.54) is 11.3 Å². The standard InChI is InChI=1S/C11H17Br2NO2S2/c1-7(2)9(4-5-12)14-18(15,16)10-6-11(13)17-8(10)3/h6-7,9,14H,4-5H2,1-3H3. The van der Waals surface area contributed by atoms with Crippen molar-refractivity contribution in [2.75, 3.05) is 5.33 Å². The molecule has 1 aromatic rings. The highest BCUT2D eigenvalue weighted by molar-refractivity contribution is 9.11. The van der Waals surface area contributed by atoms with Gasteiger partial charge in [-0.1, -0.05) is 29.8 Å². The Bertz CT molecular complexity index is 497. The Morgan fingerprint density at radius 2 is 2.06 bits per heavy atom. The van der Waals surface area contributed by atoms with Crippen molar-refractivity contribution in [3.8, 4) is 0 Å². The van der Waals surface area contributed by atoms with Gasteiger partial charge in [0.25, 0.3) is 0 Å². The number of sulfonamides is 1. The summed E-state index contributed by atoms with van der Waals surface area (Å²) in [5, 5.41) is 0.782. The van der Waals surface area contributed by atoms with Gasteiger partial charge in [0.1, 0.15) is 0 Å². The topological polar surface area (TPSA) is 46.2 Å². The summed E-state index contributed by atoms with van der Waals surface area (Å²) in [5.74, 6) is 0.264. The van der Waals surface area contributed by atoms with Crippen LogP contribution in [0.25, 0.3) is 0 Å². The van der Waals surface area contributed by atoms with Gasteiger partial charge >= 0.3 is 0 Å². The summed E-state index contributed by atoms with van der Waals surface area (Å²) in [4.78, 5) is 1.18. The van der Waals surface area contributed by atoms with Crippen LogP contribution in [0.2, 0.25) is 0 Å². The van der Waals surface area contributed by atoms with Crippen molar-refractivity contribution in [2.24, 2.45) is 5.92 Å². The fourth-order valence-electron chi connectivity index (χ4n) is 1.61. The van der Waals surface area contributed by atoms with E-state index < -0.39 is 10.0 Å². The highest BCUT2D eigenvalue weighted by Gasteiger charge is 2.24. The Morgan fingerprint density at radius 1 is 1.44 bits per heavy atom. The van der Waals surface area contributed by atoms with Crippen molar-refractivity contribution in [3.05, 3.63) is 14.7 Å². The lowest BCUT2D eigenvalue weighted by Crippen LogP contribution is -2.38. The molecule has 104 valence electrons. The third-order valence-corrected chi connectivity index (χ3v) is 6.42. The van der Waals surface area contributed by atoms with Crippen LogP contribution in [0.5, 0.6) is 0 Å². The molecule has 1 N–H and O–H groups in total. The molecule has 7 heteroatoms. The predicted molar refractivity (Wildman–Crippen MR) is 84.1 cm³/mol. The van der Waals surface area contributed by atoms with Crippen LogP contribution in [0, 0.1) is 12.8 Å². The molecule has 1 atom stereocenters. The first-order chi connectivity index (χ1) is 8.27.